The van der Waals surface area contributed by atoms with E-state index < -0.39 is 17.3 Å². The van der Waals surface area contributed by atoms with Crippen LogP contribution in [0.25, 0.3) is 10.6 Å². The van der Waals surface area contributed by atoms with Crippen LogP contribution in [0, 0.1) is 11.3 Å². The van der Waals surface area contributed by atoms with Crippen LogP contribution < -0.4 is 0 Å². The lowest BCUT2D eigenvalue weighted by Crippen LogP contribution is -2.10. The maximum atomic E-state index is 13.5. The van der Waals surface area contributed by atoms with Gasteiger partial charge in [-0.2, -0.15) is 18.4 Å². The lowest BCUT2D eigenvalue weighted by molar-refractivity contribution is -0.138. The molecule has 1 aromatic carbocycles. The van der Waals surface area contributed by atoms with Crippen molar-refractivity contribution in [3.8, 4) is 16.6 Å². The highest BCUT2D eigenvalue weighted by molar-refractivity contribution is 8.02. The van der Waals surface area contributed by atoms with Crippen molar-refractivity contribution < 1.29 is 18.0 Å². The average molecular weight is 416 g/mol. The van der Waals surface area contributed by atoms with Crippen molar-refractivity contribution in [2.45, 2.75) is 11.2 Å². The van der Waals surface area contributed by atoms with E-state index in [9.17, 15) is 23.2 Å². The SMILES string of the molecule is N#Cc1c(C(F)(F)F)cc(-c2cccs2)nc1S/C=C\C(=O)c1ccccc1. The lowest BCUT2D eigenvalue weighted by Gasteiger charge is -2.12. The Morgan fingerprint density at radius 2 is 1.93 bits per heavy atom. The number of carbonyl (C=O) groups excluding carboxylic acids is 1. The molecule has 0 atom stereocenters. The fourth-order valence-corrected chi connectivity index (χ4v) is 3.78. The number of benzene rings is 1. The summed E-state index contributed by atoms with van der Waals surface area (Å²) in [7, 11) is 0. The van der Waals surface area contributed by atoms with Gasteiger partial charge >= 0.3 is 6.18 Å². The van der Waals surface area contributed by atoms with Crippen LogP contribution in [0.5, 0.6) is 0 Å². The van der Waals surface area contributed by atoms with Crippen LogP contribution in [-0.2, 0) is 6.18 Å². The first-order valence-corrected chi connectivity index (χ1v) is 9.65. The Kier molecular flexibility index (Phi) is 5.97. The monoisotopic (exact) mass is 416 g/mol. The number of rotatable bonds is 5. The van der Waals surface area contributed by atoms with E-state index in [2.05, 4.69) is 4.98 Å². The standard InChI is InChI=1S/C20H11F3N2OS2/c21-20(22,23)15-11-16(18-7-4-9-27-18)25-19(14(15)12-24)28-10-8-17(26)13-5-2-1-3-6-13/h1-11H/b10-8-. The number of hydrogen-bond acceptors (Lipinski definition) is 5. The minimum absolute atomic E-state index is 0.0992. The number of hydrogen-bond donors (Lipinski definition) is 0. The average Bonchev–Trinajstić information content (AvgIpc) is 3.22. The van der Waals surface area contributed by atoms with Crippen molar-refractivity contribution in [3.63, 3.8) is 0 Å². The van der Waals surface area contributed by atoms with Crippen LogP contribution >= 0.6 is 23.1 Å². The van der Waals surface area contributed by atoms with E-state index in [1.165, 1.54) is 22.8 Å². The van der Waals surface area contributed by atoms with Crippen LogP contribution in [0.3, 0.4) is 0 Å². The quantitative estimate of drug-likeness (QED) is 0.283. The summed E-state index contributed by atoms with van der Waals surface area (Å²) in [6, 6.07) is 14.3. The van der Waals surface area contributed by atoms with Crippen LogP contribution in [0.2, 0.25) is 0 Å². The minimum atomic E-state index is -4.70. The number of nitriles is 1. The minimum Gasteiger partial charge on any atom is -0.289 e. The van der Waals surface area contributed by atoms with Crippen molar-refractivity contribution >= 4 is 28.9 Å². The summed E-state index contributed by atoms with van der Waals surface area (Å²) >= 11 is 2.06. The van der Waals surface area contributed by atoms with E-state index in [0.29, 0.717) is 10.4 Å². The molecule has 3 aromatic rings. The summed E-state index contributed by atoms with van der Waals surface area (Å²) in [5.74, 6) is -0.294. The summed E-state index contributed by atoms with van der Waals surface area (Å²) in [5.41, 5.74) is -1.02. The first kappa shape index (κ1) is 19.9. The maximum absolute atomic E-state index is 13.5. The normalized spacial score (nSPS) is 11.5. The van der Waals surface area contributed by atoms with Crippen molar-refractivity contribution in [1.82, 2.24) is 4.98 Å². The molecule has 3 rings (SSSR count). The van der Waals surface area contributed by atoms with E-state index in [1.807, 2.05) is 0 Å². The second kappa shape index (κ2) is 8.42. The number of allylic oxidation sites excluding steroid dienone is 1. The van der Waals surface area contributed by atoms with Gasteiger partial charge in [0.15, 0.2) is 5.78 Å². The van der Waals surface area contributed by atoms with Crippen molar-refractivity contribution in [3.05, 3.63) is 82.1 Å². The van der Waals surface area contributed by atoms with Gasteiger partial charge in [0.05, 0.1) is 21.7 Å². The number of thiophene rings is 1. The molecule has 8 heteroatoms. The van der Waals surface area contributed by atoms with Gasteiger partial charge in [0, 0.05) is 5.56 Å². The topological polar surface area (TPSA) is 53.8 Å². The smallest absolute Gasteiger partial charge is 0.289 e. The number of carbonyl (C=O) groups is 1. The van der Waals surface area contributed by atoms with E-state index in [-0.39, 0.29) is 16.5 Å². The zero-order valence-electron chi connectivity index (χ0n) is 14.1. The number of pyridine rings is 1. The molecule has 2 heterocycles. The molecule has 0 aliphatic rings. The molecular formula is C20H11F3N2OS2. The van der Waals surface area contributed by atoms with Crippen molar-refractivity contribution in [1.29, 1.82) is 5.26 Å². The lowest BCUT2D eigenvalue weighted by atomic mass is 10.1. The van der Waals surface area contributed by atoms with Gasteiger partial charge in [0.25, 0.3) is 0 Å². The summed E-state index contributed by atoms with van der Waals surface area (Å²) < 4.78 is 40.4. The van der Waals surface area contributed by atoms with Gasteiger partial charge in [-0.25, -0.2) is 4.98 Å². The maximum Gasteiger partial charge on any atom is 0.417 e. The molecule has 0 amide bonds. The van der Waals surface area contributed by atoms with E-state index >= 15 is 0 Å². The number of alkyl halides is 3. The van der Waals surface area contributed by atoms with Crippen LogP contribution in [-0.4, -0.2) is 10.8 Å². The zero-order valence-corrected chi connectivity index (χ0v) is 15.7. The molecule has 0 saturated heterocycles. The zero-order chi connectivity index (χ0) is 20.1. The van der Waals surface area contributed by atoms with Gasteiger partial charge in [-0.15, -0.1) is 11.3 Å². The third-order valence-corrected chi connectivity index (χ3v) is 5.32. The van der Waals surface area contributed by atoms with Gasteiger partial charge in [-0.05, 0) is 29.0 Å². The number of ketones is 1. The van der Waals surface area contributed by atoms with Gasteiger partial charge in [0.1, 0.15) is 11.1 Å². The fraction of sp³-hybridized carbons (Fsp3) is 0.0500. The molecule has 0 fully saturated rings. The first-order valence-electron chi connectivity index (χ1n) is 7.89. The Labute approximate surface area is 167 Å². The highest BCUT2D eigenvalue weighted by Crippen LogP contribution is 2.38. The molecule has 0 saturated carbocycles. The van der Waals surface area contributed by atoms with E-state index in [4.69, 9.17) is 0 Å². The number of thioether (sulfide) groups is 1. The van der Waals surface area contributed by atoms with Crippen LogP contribution in [0.4, 0.5) is 13.2 Å². The number of aromatic nitrogens is 1. The van der Waals surface area contributed by atoms with Crippen molar-refractivity contribution in [2.75, 3.05) is 0 Å². The predicted molar refractivity (Wildman–Crippen MR) is 103 cm³/mol. The van der Waals surface area contributed by atoms with Gasteiger partial charge < -0.3 is 0 Å². The third-order valence-electron chi connectivity index (χ3n) is 3.63. The molecular weight excluding hydrogens is 405 g/mol. The molecule has 3 nitrogen and oxygen atoms in total. The van der Waals surface area contributed by atoms with E-state index in [1.54, 1.807) is 53.9 Å². The Bertz CT molecular complexity index is 1050. The second-order valence-electron chi connectivity index (χ2n) is 5.47. The number of halogens is 3. The van der Waals surface area contributed by atoms with Gasteiger partial charge in [-0.3, -0.25) is 4.79 Å². The highest BCUT2D eigenvalue weighted by Gasteiger charge is 2.36. The number of nitrogens with zero attached hydrogens (tertiary/aromatic N) is 2. The Balaban J connectivity index is 1.97. The summed E-state index contributed by atoms with van der Waals surface area (Å²) in [6.07, 6.45) is -3.45. The van der Waals surface area contributed by atoms with E-state index in [0.717, 1.165) is 17.8 Å². The molecule has 0 radical (unpaired) electrons. The van der Waals surface area contributed by atoms with Crippen LogP contribution in [0.1, 0.15) is 21.5 Å². The molecule has 0 spiro atoms. The first-order chi connectivity index (χ1) is 13.4. The Morgan fingerprint density at radius 1 is 1.18 bits per heavy atom. The molecule has 0 N–H and O–H groups in total. The van der Waals surface area contributed by atoms with Gasteiger partial charge in [-0.1, -0.05) is 48.2 Å². The van der Waals surface area contributed by atoms with Crippen LogP contribution in [0.15, 0.2) is 70.4 Å². The third kappa shape index (κ3) is 4.50. The molecule has 0 aliphatic heterocycles. The Hall–Kier alpha value is -2.89. The summed E-state index contributed by atoms with van der Waals surface area (Å²) in [6.45, 7) is 0. The molecule has 0 bridgehead atoms. The van der Waals surface area contributed by atoms with Gasteiger partial charge in [0.2, 0.25) is 0 Å². The molecule has 0 unspecified atom stereocenters. The largest absolute Gasteiger partial charge is 0.417 e. The predicted octanol–water partition coefficient (Wildman–Crippen LogP) is 6.19. The second-order valence-corrected chi connectivity index (χ2v) is 7.32. The molecule has 28 heavy (non-hydrogen) atoms. The summed E-state index contributed by atoms with van der Waals surface area (Å²) in [5, 5.41) is 12.3. The van der Waals surface area contributed by atoms with Crippen molar-refractivity contribution in [2.24, 2.45) is 0 Å². The highest BCUT2D eigenvalue weighted by atomic mass is 32.2. The molecule has 0 aliphatic carbocycles. The molecule has 2 aromatic heterocycles. The Morgan fingerprint density at radius 3 is 2.54 bits per heavy atom. The fourth-order valence-electron chi connectivity index (χ4n) is 2.35. The molecule has 140 valence electrons. The summed E-state index contributed by atoms with van der Waals surface area (Å²) in [4.78, 5) is 16.9.